The molecule has 0 atom stereocenters. The minimum atomic E-state index is -0.596. The van der Waals surface area contributed by atoms with Crippen molar-refractivity contribution in [2.24, 2.45) is 5.73 Å². The summed E-state index contributed by atoms with van der Waals surface area (Å²) in [6.07, 6.45) is 0. The lowest BCUT2D eigenvalue weighted by Crippen LogP contribution is -2.26. The molecular weight excluding hydrogens is 291 g/mol. The summed E-state index contributed by atoms with van der Waals surface area (Å²) in [5.74, 6) is -1.41. The second kappa shape index (κ2) is 5.88. The fraction of sp³-hybridized carbons (Fsp3) is 0.0667. The summed E-state index contributed by atoms with van der Waals surface area (Å²) in [5.41, 5.74) is 6.59. The Hall–Kier alpha value is -2.47. The quantitative estimate of drug-likeness (QED) is 0.855. The summed E-state index contributed by atoms with van der Waals surface area (Å²) >= 11 is 4.89. The Bertz CT molecular complexity index is 719. The van der Waals surface area contributed by atoms with E-state index in [1.807, 2.05) is 0 Å². The smallest absolute Gasteiger partial charge is 0.261 e. The van der Waals surface area contributed by atoms with Gasteiger partial charge >= 0.3 is 0 Å². The lowest BCUT2D eigenvalue weighted by molar-refractivity contribution is 0.0990. The van der Waals surface area contributed by atoms with E-state index in [-0.39, 0.29) is 16.3 Å². The molecule has 0 aliphatic heterocycles. The first-order valence-electron chi connectivity index (χ1n) is 6.06. The first kappa shape index (κ1) is 14.9. The van der Waals surface area contributed by atoms with Crippen molar-refractivity contribution in [2.45, 2.75) is 0 Å². The van der Waals surface area contributed by atoms with E-state index in [0.717, 1.165) is 18.2 Å². The number of amides is 1. The second-order valence-electron chi connectivity index (χ2n) is 4.44. The third-order valence-corrected chi connectivity index (χ3v) is 3.25. The van der Waals surface area contributed by atoms with Crippen molar-refractivity contribution in [2.75, 3.05) is 11.9 Å². The third-order valence-electron chi connectivity index (χ3n) is 3.01. The van der Waals surface area contributed by atoms with Gasteiger partial charge in [0.15, 0.2) is 0 Å². The lowest BCUT2D eigenvalue weighted by atomic mass is 10.1. The van der Waals surface area contributed by atoms with Crippen molar-refractivity contribution in [3.63, 3.8) is 0 Å². The molecule has 0 bridgehead atoms. The number of hydrogen-bond acceptors (Lipinski definition) is 3. The summed E-state index contributed by atoms with van der Waals surface area (Å²) in [7, 11) is 1.52. The maximum absolute atomic E-state index is 13.2. The summed E-state index contributed by atoms with van der Waals surface area (Å²) in [6.45, 7) is 0. The Morgan fingerprint density at radius 1 is 1.29 bits per heavy atom. The average molecular weight is 304 g/mol. The van der Waals surface area contributed by atoms with Crippen LogP contribution in [-0.4, -0.2) is 23.0 Å². The molecule has 0 radical (unpaired) electrons. The molecule has 0 saturated heterocycles. The van der Waals surface area contributed by atoms with Crippen molar-refractivity contribution in [1.82, 2.24) is 0 Å². The number of aromatic hydroxyl groups is 1. The zero-order valence-electron chi connectivity index (χ0n) is 11.2. The standard InChI is InChI=1S/C15H13FN2O2S/c1-18(11-4-2-3-9(7-11)14(17)21)15(20)12-8-10(16)5-6-13(12)19/h2-8,19H,1H3,(H2,17,21). The maximum Gasteiger partial charge on any atom is 0.261 e. The number of carbonyl (C=O) groups excluding carboxylic acids is 1. The van der Waals surface area contributed by atoms with Crippen LogP contribution < -0.4 is 10.6 Å². The number of phenolic OH excluding ortho intramolecular Hbond substituents is 1. The highest BCUT2D eigenvalue weighted by Gasteiger charge is 2.18. The minimum Gasteiger partial charge on any atom is -0.507 e. The van der Waals surface area contributed by atoms with E-state index in [2.05, 4.69) is 0 Å². The Labute approximate surface area is 126 Å². The largest absolute Gasteiger partial charge is 0.507 e. The highest BCUT2D eigenvalue weighted by molar-refractivity contribution is 7.80. The summed E-state index contributed by atoms with van der Waals surface area (Å²) in [5, 5.41) is 9.69. The van der Waals surface area contributed by atoms with Crippen molar-refractivity contribution >= 4 is 28.8 Å². The second-order valence-corrected chi connectivity index (χ2v) is 4.88. The fourth-order valence-corrected chi connectivity index (χ4v) is 1.97. The highest BCUT2D eigenvalue weighted by Crippen LogP contribution is 2.23. The molecule has 108 valence electrons. The molecule has 0 unspecified atom stereocenters. The fourth-order valence-electron chi connectivity index (χ4n) is 1.85. The van der Waals surface area contributed by atoms with Crippen LogP contribution in [0.3, 0.4) is 0 Å². The van der Waals surface area contributed by atoms with Crippen molar-refractivity contribution < 1.29 is 14.3 Å². The molecule has 3 N–H and O–H groups in total. The van der Waals surface area contributed by atoms with Gasteiger partial charge in [-0.2, -0.15) is 0 Å². The van der Waals surface area contributed by atoms with Gasteiger partial charge in [0, 0.05) is 18.3 Å². The normalized spacial score (nSPS) is 10.2. The number of nitrogens with zero attached hydrogens (tertiary/aromatic N) is 1. The van der Waals surface area contributed by atoms with Gasteiger partial charge in [0.05, 0.1) is 5.56 Å². The monoisotopic (exact) mass is 304 g/mol. The molecule has 2 rings (SSSR count). The molecule has 21 heavy (non-hydrogen) atoms. The molecule has 0 aliphatic carbocycles. The van der Waals surface area contributed by atoms with Crippen LogP contribution in [0, 0.1) is 5.82 Å². The predicted molar refractivity (Wildman–Crippen MR) is 83.1 cm³/mol. The van der Waals surface area contributed by atoms with Crippen molar-refractivity contribution in [1.29, 1.82) is 0 Å². The van der Waals surface area contributed by atoms with Crippen LogP contribution in [0.5, 0.6) is 5.75 Å². The van der Waals surface area contributed by atoms with Crippen LogP contribution in [-0.2, 0) is 0 Å². The van der Waals surface area contributed by atoms with Crippen LogP contribution in [0.15, 0.2) is 42.5 Å². The van der Waals surface area contributed by atoms with Gasteiger partial charge in [-0.15, -0.1) is 0 Å². The number of halogens is 1. The summed E-state index contributed by atoms with van der Waals surface area (Å²) in [6, 6.07) is 9.99. The van der Waals surface area contributed by atoms with Gasteiger partial charge in [-0.05, 0) is 30.3 Å². The van der Waals surface area contributed by atoms with Gasteiger partial charge in [-0.1, -0.05) is 24.4 Å². The number of benzene rings is 2. The van der Waals surface area contributed by atoms with Crippen LogP contribution in [0.1, 0.15) is 15.9 Å². The minimum absolute atomic E-state index is 0.113. The van der Waals surface area contributed by atoms with Crippen LogP contribution in [0.25, 0.3) is 0 Å². The van der Waals surface area contributed by atoms with Gasteiger partial charge in [0.1, 0.15) is 16.6 Å². The predicted octanol–water partition coefficient (Wildman–Crippen LogP) is 2.44. The van der Waals surface area contributed by atoms with E-state index in [0.29, 0.717) is 11.3 Å². The molecule has 0 aliphatic rings. The Kier molecular flexibility index (Phi) is 4.18. The molecule has 0 heterocycles. The van der Waals surface area contributed by atoms with E-state index >= 15 is 0 Å². The molecule has 0 saturated carbocycles. The molecule has 0 fully saturated rings. The van der Waals surface area contributed by atoms with Gasteiger partial charge < -0.3 is 15.7 Å². The summed E-state index contributed by atoms with van der Waals surface area (Å²) < 4.78 is 13.2. The van der Waals surface area contributed by atoms with Gasteiger partial charge in [0.25, 0.3) is 5.91 Å². The zero-order chi connectivity index (χ0) is 15.6. The lowest BCUT2D eigenvalue weighted by Gasteiger charge is -2.18. The van der Waals surface area contributed by atoms with E-state index in [1.54, 1.807) is 24.3 Å². The number of nitrogens with two attached hydrogens (primary N) is 1. The molecule has 0 aromatic heterocycles. The molecule has 2 aromatic carbocycles. The van der Waals surface area contributed by atoms with Crippen molar-refractivity contribution in [3.05, 3.63) is 59.4 Å². The van der Waals surface area contributed by atoms with E-state index in [9.17, 15) is 14.3 Å². The maximum atomic E-state index is 13.2. The topological polar surface area (TPSA) is 66.6 Å². The number of rotatable bonds is 3. The van der Waals surface area contributed by atoms with E-state index in [1.165, 1.54) is 11.9 Å². The Morgan fingerprint density at radius 3 is 2.67 bits per heavy atom. The molecule has 6 heteroatoms. The van der Waals surface area contributed by atoms with Gasteiger partial charge in [-0.25, -0.2) is 4.39 Å². The highest BCUT2D eigenvalue weighted by atomic mass is 32.1. The average Bonchev–Trinajstić information content (AvgIpc) is 2.48. The number of anilines is 1. The van der Waals surface area contributed by atoms with Crippen LogP contribution in [0.2, 0.25) is 0 Å². The molecule has 4 nitrogen and oxygen atoms in total. The van der Waals surface area contributed by atoms with E-state index in [4.69, 9.17) is 18.0 Å². The zero-order valence-corrected chi connectivity index (χ0v) is 12.0. The first-order chi connectivity index (χ1) is 9.90. The SMILES string of the molecule is CN(C(=O)c1cc(F)ccc1O)c1cccc(C(N)=S)c1. The third kappa shape index (κ3) is 3.17. The Morgan fingerprint density at radius 2 is 2.00 bits per heavy atom. The molecule has 0 spiro atoms. The van der Waals surface area contributed by atoms with Crippen LogP contribution >= 0.6 is 12.2 Å². The first-order valence-corrected chi connectivity index (χ1v) is 6.47. The number of hydrogen-bond donors (Lipinski definition) is 2. The Balaban J connectivity index is 2.37. The van der Waals surface area contributed by atoms with Gasteiger partial charge in [0.2, 0.25) is 0 Å². The van der Waals surface area contributed by atoms with Crippen LogP contribution in [0.4, 0.5) is 10.1 Å². The van der Waals surface area contributed by atoms with Gasteiger partial charge in [-0.3, -0.25) is 4.79 Å². The molecule has 2 aromatic rings. The number of thiocarbonyl (C=S) groups is 1. The summed E-state index contributed by atoms with van der Waals surface area (Å²) in [4.78, 5) is 13.8. The molecule has 1 amide bonds. The number of phenols is 1. The van der Waals surface area contributed by atoms with Crippen molar-refractivity contribution in [3.8, 4) is 5.75 Å². The number of carbonyl (C=O) groups is 1. The molecular formula is C15H13FN2O2S. The van der Waals surface area contributed by atoms with E-state index < -0.39 is 11.7 Å².